The SMILES string of the molecule is CCOC(C(C)C)C(NN)c1cc(C)c(OC)cc1C. The third-order valence-electron chi connectivity index (χ3n) is 3.64. The van der Waals surface area contributed by atoms with Gasteiger partial charge in [0.05, 0.1) is 19.3 Å². The fraction of sp³-hybridized carbons (Fsp3) is 0.625. The quantitative estimate of drug-likeness (QED) is 0.595. The summed E-state index contributed by atoms with van der Waals surface area (Å²) in [5.74, 6) is 7.08. The van der Waals surface area contributed by atoms with E-state index in [0.29, 0.717) is 12.5 Å². The number of nitrogens with one attached hydrogen (secondary N) is 1. The molecule has 4 heteroatoms. The molecule has 0 aliphatic heterocycles. The molecule has 0 aliphatic rings. The fourth-order valence-electron chi connectivity index (χ4n) is 2.59. The van der Waals surface area contributed by atoms with Gasteiger partial charge in [0.25, 0.3) is 0 Å². The van der Waals surface area contributed by atoms with Crippen LogP contribution in [0.25, 0.3) is 0 Å². The van der Waals surface area contributed by atoms with Crippen molar-refractivity contribution in [3.63, 3.8) is 0 Å². The molecule has 2 unspecified atom stereocenters. The summed E-state index contributed by atoms with van der Waals surface area (Å²) in [6, 6.07) is 4.16. The molecule has 1 aromatic carbocycles. The molecule has 0 aromatic heterocycles. The summed E-state index contributed by atoms with van der Waals surface area (Å²) in [5, 5.41) is 0. The molecule has 0 bridgehead atoms. The predicted molar refractivity (Wildman–Crippen MR) is 82.8 cm³/mol. The maximum atomic E-state index is 5.89. The molecule has 0 amide bonds. The highest BCUT2D eigenvalue weighted by molar-refractivity contribution is 5.43. The lowest BCUT2D eigenvalue weighted by molar-refractivity contribution is 0.00260. The summed E-state index contributed by atoms with van der Waals surface area (Å²) in [5.41, 5.74) is 6.35. The van der Waals surface area contributed by atoms with Crippen molar-refractivity contribution in [3.05, 3.63) is 28.8 Å². The highest BCUT2D eigenvalue weighted by atomic mass is 16.5. The molecular formula is C16H28N2O2. The summed E-state index contributed by atoms with van der Waals surface area (Å²) < 4.78 is 11.3. The second-order valence-corrected chi connectivity index (χ2v) is 5.49. The Kier molecular flexibility index (Phi) is 6.46. The highest BCUT2D eigenvalue weighted by Gasteiger charge is 2.27. The van der Waals surface area contributed by atoms with E-state index in [4.69, 9.17) is 15.3 Å². The van der Waals surface area contributed by atoms with E-state index in [0.717, 1.165) is 22.4 Å². The molecule has 0 spiro atoms. The monoisotopic (exact) mass is 280 g/mol. The van der Waals surface area contributed by atoms with E-state index in [-0.39, 0.29) is 12.1 Å². The van der Waals surface area contributed by atoms with Crippen LogP contribution >= 0.6 is 0 Å². The maximum absolute atomic E-state index is 5.89. The zero-order valence-electron chi connectivity index (χ0n) is 13.5. The van der Waals surface area contributed by atoms with E-state index in [9.17, 15) is 0 Å². The molecule has 0 aliphatic carbocycles. The number of aryl methyl sites for hydroxylation is 2. The predicted octanol–water partition coefficient (Wildman–Crippen LogP) is 2.88. The number of hydrogen-bond acceptors (Lipinski definition) is 4. The van der Waals surface area contributed by atoms with Crippen molar-refractivity contribution in [2.45, 2.75) is 46.8 Å². The number of methoxy groups -OCH3 is 1. The molecule has 20 heavy (non-hydrogen) atoms. The third-order valence-corrected chi connectivity index (χ3v) is 3.64. The topological polar surface area (TPSA) is 56.5 Å². The number of hydrazine groups is 1. The van der Waals surface area contributed by atoms with Crippen LogP contribution in [-0.2, 0) is 4.74 Å². The Morgan fingerprint density at radius 2 is 1.85 bits per heavy atom. The van der Waals surface area contributed by atoms with E-state index in [2.05, 4.69) is 38.3 Å². The Hall–Kier alpha value is -1.10. The second-order valence-electron chi connectivity index (χ2n) is 5.49. The third kappa shape index (κ3) is 3.72. The van der Waals surface area contributed by atoms with Gasteiger partial charge in [0.1, 0.15) is 5.75 Å². The van der Waals surface area contributed by atoms with E-state index in [1.54, 1.807) is 7.11 Å². The van der Waals surface area contributed by atoms with Crippen molar-refractivity contribution >= 4 is 0 Å². The minimum absolute atomic E-state index is 0.0282. The summed E-state index contributed by atoms with van der Waals surface area (Å²) in [4.78, 5) is 0. The van der Waals surface area contributed by atoms with Crippen molar-refractivity contribution in [3.8, 4) is 5.75 Å². The Morgan fingerprint density at radius 3 is 2.30 bits per heavy atom. The Labute approximate surface area is 122 Å². The standard InChI is InChI=1S/C16H28N2O2/c1-7-20-16(10(2)3)15(18-17)13-8-12(5)14(19-6)9-11(13)4/h8-10,15-16,18H,7,17H2,1-6H3. The summed E-state index contributed by atoms with van der Waals surface area (Å²) in [6.07, 6.45) is 0.0384. The molecule has 1 aromatic rings. The fourth-order valence-corrected chi connectivity index (χ4v) is 2.59. The number of hydrogen-bond donors (Lipinski definition) is 2. The maximum Gasteiger partial charge on any atom is 0.122 e. The number of rotatable bonds is 7. The zero-order chi connectivity index (χ0) is 15.3. The number of nitrogens with two attached hydrogens (primary N) is 1. The molecule has 1 rings (SSSR count). The van der Waals surface area contributed by atoms with Gasteiger partial charge in [-0.2, -0.15) is 0 Å². The van der Waals surface area contributed by atoms with Crippen molar-refractivity contribution in [1.29, 1.82) is 0 Å². The normalized spacial score (nSPS) is 14.4. The van der Waals surface area contributed by atoms with Crippen LogP contribution in [0.2, 0.25) is 0 Å². The summed E-state index contributed by atoms with van der Waals surface area (Å²) in [6.45, 7) is 11.1. The van der Waals surface area contributed by atoms with Gasteiger partial charge in [-0.25, -0.2) is 0 Å². The Morgan fingerprint density at radius 1 is 1.20 bits per heavy atom. The number of ether oxygens (including phenoxy) is 2. The van der Waals surface area contributed by atoms with E-state index >= 15 is 0 Å². The molecular weight excluding hydrogens is 252 g/mol. The minimum atomic E-state index is -0.0282. The van der Waals surface area contributed by atoms with Gasteiger partial charge < -0.3 is 9.47 Å². The molecule has 114 valence electrons. The summed E-state index contributed by atoms with van der Waals surface area (Å²) in [7, 11) is 1.69. The van der Waals surface area contributed by atoms with Crippen LogP contribution in [0.4, 0.5) is 0 Å². The van der Waals surface area contributed by atoms with Gasteiger partial charge in [0.2, 0.25) is 0 Å². The van der Waals surface area contributed by atoms with E-state index in [1.807, 2.05) is 13.8 Å². The average Bonchev–Trinajstić information content (AvgIpc) is 2.41. The van der Waals surface area contributed by atoms with Gasteiger partial charge in [0, 0.05) is 6.61 Å². The summed E-state index contributed by atoms with van der Waals surface area (Å²) >= 11 is 0. The van der Waals surface area contributed by atoms with Gasteiger partial charge in [-0.3, -0.25) is 11.3 Å². The van der Waals surface area contributed by atoms with Crippen molar-refractivity contribution in [2.75, 3.05) is 13.7 Å². The van der Waals surface area contributed by atoms with Crippen molar-refractivity contribution < 1.29 is 9.47 Å². The van der Waals surface area contributed by atoms with E-state index in [1.165, 1.54) is 0 Å². The molecule has 0 fully saturated rings. The van der Waals surface area contributed by atoms with Crippen LogP contribution in [0.1, 0.15) is 43.5 Å². The van der Waals surface area contributed by atoms with E-state index < -0.39 is 0 Å². The van der Waals surface area contributed by atoms with Crippen LogP contribution in [0, 0.1) is 19.8 Å². The first-order chi connectivity index (χ1) is 9.46. The lowest BCUT2D eigenvalue weighted by atomic mass is 9.90. The zero-order valence-corrected chi connectivity index (χ0v) is 13.5. The molecule has 4 nitrogen and oxygen atoms in total. The molecule has 0 saturated heterocycles. The molecule has 0 heterocycles. The first kappa shape index (κ1) is 17.0. The van der Waals surface area contributed by atoms with Crippen molar-refractivity contribution in [1.82, 2.24) is 5.43 Å². The Bertz CT molecular complexity index is 433. The van der Waals surface area contributed by atoms with Gasteiger partial charge in [0.15, 0.2) is 0 Å². The first-order valence-electron chi connectivity index (χ1n) is 7.19. The van der Waals surface area contributed by atoms with Crippen LogP contribution in [0.3, 0.4) is 0 Å². The second kappa shape index (κ2) is 7.62. The van der Waals surface area contributed by atoms with Gasteiger partial charge in [-0.15, -0.1) is 0 Å². The van der Waals surface area contributed by atoms with Crippen LogP contribution in [0.15, 0.2) is 12.1 Å². The van der Waals surface area contributed by atoms with Gasteiger partial charge >= 0.3 is 0 Å². The average molecular weight is 280 g/mol. The lowest BCUT2D eigenvalue weighted by Gasteiger charge is -2.31. The molecule has 3 N–H and O–H groups in total. The van der Waals surface area contributed by atoms with Gasteiger partial charge in [-0.1, -0.05) is 19.9 Å². The highest BCUT2D eigenvalue weighted by Crippen LogP contribution is 2.31. The lowest BCUT2D eigenvalue weighted by Crippen LogP contribution is -2.41. The molecule has 2 atom stereocenters. The molecule has 0 saturated carbocycles. The van der Waals surface area contributed by atoms with Crippen LogP contribution < -0.4 is 16.0 Å². The smallest absolute Gasteiger partial charge is 0.122 e. The number of benzene rings is 1. The Balaban J connectivity index is 3.20. The van der Waals surface area contributed by atoms with Crippen molar-refractivity contribution in [2.24, 2.45) is 11.8 Å². The minimum Gasteiger partial charge on any atom is -0.496 e. The van der Waals surface area contributed by atoms with Gasteiger partial charge in [-0.05, 0) is 49.4 Å². The largest absolute Gasteiger partial charge is 0.496 e. The van der Waals surface area contributed by atoms with Crippen LogP contribution in [0.5, 0.6) is 5.75 Å². The molecule has 0 radical (unpaired) electrons. The first-order valence-corrected chi connectivity index (χ1v) is 7.19. The van der Waals surface area contributed by atoms with Crippen LogP contribution in [-0.4, -0.2) is 19.8 Å².